The molecule has 0 amide bonds. The number of rotatable bonds is 3. The van der Waals surface area contributed by atoms with Crippen LogP contribution >= 0.6 is 11.6 Å². The first-order valence-electron chi connectivity index (χ1n) is 4.80. The van der Waals surface area contributed by atoms with Gasteiger partial charge in [-0.3, -0.25) is 4.79 Å². The molecule has 1 heterocycles. The minimum Gasteiger partial charge on any atom is -0.291 e. The zero-order valence-corrected chi connectivity index (χ0v) is 9.48. The number of aromatic nitrogens is 3. The van der Waals surface area contributed by atoms with E-state index in [1.165, 1.54) is 13.3 Å². The van der Waals surface area contributed by atoms with Crippen molar-refractivity contribution in [2.24, 2.45) is 0 Å². The molecule has 2 rings (SSSR count). The third-order valence-corrected chi connectivity index (χ3v) is 2.51. The molecule has 1 aromatic carbocycles. The van der Waals surface area contributed by atoms with E-state index >= 15 is 0 Å². The maximum atomic E-state index is 11.0. The fraction of sp³-hybridized carbons (Fsp3) is 0.182. The molecular formula is C11H10ClN3O. The number of halogens is 1. The molecule has 0 saturated heterocycles. The molecule has 0 aliphatic heterocycles. The Morgan fingerprint density at radius 2 is 2.19 bits per heavy atom. The second-order valence-corrected chi connectivity index (χ2v) is 3.82. The smallest absolute Gasteiger partial charge is 0.216 e. The van der Waals surface area contributed by atoms with Crippen molar-refractivity contribution < 1.29 is 4.79 Å². The summed E-state index contributed by atoms with van der Waals surface area (Å²) >= 11 is 6.02. The van der Waals surface area contributed by atoms with Gasteiger partial charge in [-0.2, -0.15) is 0 Å². The molecule has 1 aromatic heterocycles. The highest BCUT2D eigenvalue weighted by Crippen LogP contribution is 2.15. The first kappa shape index (κ1) is 10.8. The number of nitrogens with zero attached hydrogens (tertiary/aromatic N) is 3. The van der Waals surface area contributed by atoms with Crippen LogP contribution in [0.25, 0.3) is 0 Å². The van der Waals surface area contributed by atoms with E-state index in [0.717, 1.165) is 5.56 Å². The van der Waals surface area contributed by atoms with Gasteiger partial charge in [0, 0.05) is 11.9 Å². The molecule has 16 heavy (non-hydrogen) atoms. The minimum absolute atomic E-state index is 0.141. The highest BCUT2D eigenvalue weighted by molar-refractivity contribution is 6.31. The average molecular weight is 236 g/mol. The van der Waals surface area contributed by atoms with Gasteiger partial charge in [0.25, 0.3) is 0 Å². The lowest BCUT2D eigenvalue weighted by molar-refractivity contribution is 0.100. The van der Waals surface area contributed by atoms with Crippen LogP contribution in [0.4, 0.5) is 0 Å². The van der Waals surface area contributed by atoms with Crippen LogP contribution in [-0.4, -0.2) is 20.5 Å². The Morgan fingerprint density at radius 3 is 2.81 bits per heavy atom. The van der Waals surface area contributed by atoms with Crippen LogP contribution in [0.2, 0.25) is 5.02 Å². The highest BCUT2D eigenvalue weighted by Gasteiger charge is 2.06. The van der Waals surface area contributed by atoms with Gasteiger partial charge in [-0.15, -0.1) is 5.10 Å². The molecule has 0 unspecified atom stereocenters. The largest absolute Gasteiger partial charge is 0.291 e. The van der Waals surface area contributed by atoms with Crippen molar-refractivity contribution in [2.75, 3.05) is 0 Å². The summed E-state index contributed by atoms with van der Waals surface area (Å²) in [4.78, 5) is 14.9. The van der Waals surface area contributed by atoms with Crippen molar-refractivity contribution >= 4 is 17.4 Å². The van der Waals surface area contributed by atoms with Gasteiger partial charge >= 0.3 is 0 Å². The van der Waals surface area contributed by atoms with E-state index in [1.807, 2.05) is 24.3 Å². The molecule has 5 heteroatoms. The second-order valence-electron chi connectivity index (χ2n) is 3.41. The Balaban J connectivity index is 2.21. The Bertz CT molecular complexity index is 521. The number of hydrogen-bond donors (Lipinski definition) is 0. The Labute approximate surface area is 97.9 Å². The van der Waals surface area contributed by atoms with Crippen molar-refractivity contribution in [2.45, 2.75) is 13.5 Å². The summed E-state index contributed by atoms with van der Waals surface area (Å²) in [5, 5.41) is 4.73. The Hall–Kier alpha value is -1.68. The zero-order valence-electron chi connectivity index (χ0n) is 8.72. The molecule has 0 N–H and O–H groups in total. The van der Waals surface area contributed by atoms with Crippen molar-refractivity contribution in [3.8, 4) is 0 Å². The first-order chi connectivity index (χ1) is 7.66. The average Bonchev–Trinajstić information content (AvgIpc) is 2.70. The van der Waals surface area contributed by atoms with Crippen LogP contribution in [0.3, 0.4) is 0 Å². The van der Waals surface area contributed by atoms with Gasteiger partial charge in [-0.25, -0.2) is 9.67 Å². The number of ketones is 1. The third-order valence-electron chi connectivity index (χ3n) is 2.14. The molecule has 0 spiro atoms. The van der Waals surface area contributed by atoms with Gasteiger partial charge in [0.05, 0.1) is 6.54 Å². The second kappa shape index (κ2) is 4.45. The third kappa shape index (κ3) is 2.28. The quantitative estimate of drug-likeness (QED) is 0.767. The van der Waals surface area contributed by atoms with Crippen LogP contribution in [0.1, 0.15) is 23.1 Å². The lowest BCUT2D eigenvalue weighted by Gasteiger charge is -2.02. The standard InChI is InChI=1S/C11H10ClN3O/c1-8(16)11-13-7-15(14-11)6-9-4-2-3-5-10(9)12/h2-5,7H,6H2,1H3. The lowest BCUT2D eigenvalue weighted by atomic mass is 10.2. The summed E-state index contributed by atoms with van der Waals surface area (Å²) in [5.74, 6) is 0.0879. The van der Waals surface area contributed by atoms with E-state index in [9.17, 15) is 4.79 Å². The summed E-state index contributed by atoms with van der Waals surface area (Å²) in [7, 11) is 0. The number of carbonyl (C=O) groups is 1. The van der Waals surface area contributed by atoms with Gasteiger partial charge in [0.15, 0.2) is 5.78 Å². The van der Waals surface area contributed by atoms with Crippen LogP contribution in [0, 0.1) is 0 Å². The van der Waals surface area contributed by atoms with E-state index in [1.54, 1.807) is 4.68 Å². The predicted molar refractivity (Wildman–Crippen MR) is 60.6 cm³/mol. The maximum Gasteiger partial charge on any atom is 0.216 e. The van der Waals surface area contributed by atoms with Crippen LogP contribution in [0.5, 0.6) is 0 Å². The normalized spacial score (nSPS) is 10.4. The summed E-state index contributed by atoms with van der Waals surface area (Å²) in [6.07, 6.45) is 1.53. The van der Waals surface area contributed by atoms with Crippen molar-refractivity contribution in [3.63, 3.8) is 0 Å². The van der Waals surface area contributed by atoms with Crippen molar-refractivity contribution in [3.05, 3.63) is 47.0 Å². The Morgan fingerprint density at radius 1 is 1.44 bits per heavy atom. The fourth-order valence-electron chi connectivity index (χ4n) is 1.33. The molecule has 0 atom stereocenters. The highest BCUT2D eigenvalue weighted by atomic mass is 35.5. The lowest BCUT2D eigenvalue weighted by Crippen LogP contribution is -2.03. The van der Waals surface area contributed by atoms with Crippen molar-refractivity contribution in [1.82, 2.24) is 14.8 Å². The summed E-state index contributed by atoms with van der Waals surface area (Å²) in [6.45, 7) is 1.95. The molecule has 0 aliphatic carbocycles. The molecule has 0 saturated carbocycles. The van der Waals surface area contributed by atoms with E-state index in [0.29, 0.717) is 11.6 Å². The van der Waals surface area contributed by atoms with Gasteiger partial charge in [-0.1, -0.05) is 29.8 Å². The van der Waals surface area contributed by atoms with Gasteiger partial charge < -0.3 is 0 Å². The fourth-order valence-corrected chi connectivity index (χ4v) is 1.53. The van der Waals surface area contributed by atoms with E-state index in [2.05, 4.69) is 10.1 Å². The topological polar surface area (TPSA) is 47.8 Å². The molecule has 0 aliphatic rings. The molecule has 0 bridgehead atoms. The van der Waals surface area contributed by atoms with Crippen molar-refractivity contribution in [1.29, 1.82) is 0 Å². The predicted octanol–water partition coefficient (Wildman–Crippen LogP) is 2.18. The SMILES string of the molecule is CC(=O)c1ncn(Cc2ccccc2Cl)n1. The maximum absolute atomic E-state index is 11.0. The molecule has 0 radical (unpaired) electrons. The minimum atomic E-state index is -0.141. The Kier molecular flexibility index (Phi) is 3.01. The molecular weight excluding hydrogens is 226 g/mol. The first-order valence-corrected chi connectivity index (χ1v) is 5.18. The van der Waals surface area contributed by atoms with Crippen LogP contribution < -0.4 is 0 Å². The van der Waals surface area contributed by atoms with Gasteiger partial charge in [-0.05, 0) is 11.6 Å². The number of hydrogen-bond acceptors (Lipinski definition) is 3. The van der Waals surface area contributed by atoms with E-state index in [-0.39, 0.29) is 11.6 Å². The summed E-state index contributed by atoms with van der Waals surface area (Å²) in [6, 6.07) is 7.51. The van der Waals surface area contributed by atoms with Gasteiger partial charge in [0.1, 0.15) is 6.33 Å². The number of carbonyl (C=O) groups excluding carboxylic acids is 1. The van der Waals surface area contributed by atoms with Crippen LogP contribution in [0.15, 0.2) is 30.6 Å². The number of benzene rings is 1. The molecule has 0 fully saturated rings. The van der Waals surface area contributed by atoms with Gasteiger partial charge in [0.2, 0.25) is 5.82 Å². The van der Waals surface area contributed by atoms with E-state index in [4.69, 9.17) is 11.6 Å². The molecule has 4 nitrogen and oxygen atoms in total. The monoisotopic (exact) mass is 235 g/mol. The summed E-state index contributed by atoms with van der Waals surface area (Å²) < 4.78 is 1.60. The summed E-state index contributed by atoms with van der Waals surface area (Å²) in [5.41, 5.74) is 0.948. The van der Waals surface area contributed by atoms with E-state index < -0.39 is 0 Å². The number of Topliss-reactive ketones (excluding diaryl/α,β-unsaturated/α-hetero) is 1. The molecule has 82 valence electrons. The van der Waals surface area contributed by atoms with Crippen LogP contribution in [-0.2, 0) is 6.54 Å². The zero-order chi connectivity index (χ0) is 11.5. The molecule has 2 aromatic rings.